The minimum Gasteiger partial charge on any atom is -0.440 e. The molecule has 0 unspecified atom stereocenters. The third-order valence-electron chi connectivity index (χ3n) is 4.83. The Hall–Kier alpha value is -3.27. The first-order valence-corrected chi connectivity index (χ1v) is 8.55. The molecule has 2 aromatic heterocycles. The van der Waals surface area contributed by atoms with E-state index in [1.165, 1.54) is 0 Å². The number of hydrogen-bond donors (Lipinski definition) is 1. The Morgan fingerprint density at radius 1 is 1.23 bits per heavy atom. The summed E-state index contributed by atoms with van der Waals surface area (Å²) in [4.78, 5) is 0. The zero-order valence-corrected chi connectivity index (χ0v) is 14.8. The van der Waals surface area contributed by atoms with Gasteiger partial charge in [-0.1, -0.05) is 0 Å². The van der Waals surface area contributed by atoms with E-state index in [0.717, 1.165) is 47.3 Å². The van der Waals surface area contributed by atoms with Crippen LogP contribution in [0.15, 0.2) is 53.1 Å². The van der Waals surface area contributed by atoms with Crippen molar-refractivity contribution in [2.24, 2.45) is 19.8 Å². The maximum absolute atomic E-state index is 9.65. The summed E-state index contributed by atoms with van der Waals surface area (Å²) in [6.07, 6.45) is 12.4. The molecule has 2 aliphatic rings. The Labute approximate surface area is 151 Å². The maximum Gasteiger partial charge on any atom is 0.205 e. The highest BCUT2D eigenvalue weighted by molar-refractivity contribution is 5.61. The summed E-state index contributed by atoms with van der Waals surface area (Å²) in [6.45, 7) is 0. The van der Waals surface area contributed by atoms with Crippen molar-refractivity contribution in [3.05, 3.63) is 64.3 Å². The van der Waals surface area contributed by atoms with Crippen LogP contribution in [0.3, 0.4) is 0 Å². The molecule has 0 spiro atoms. The van der Waals surface area contributed by atoms with Crippen LogP contribution >= 0.6 is 0 Å². The number of ether oxygens (including phenoxy) is 1. The zero-order valence-electron chi connectivity index (χ0n) is 14.8. The van der Waals surface area contributed by atoms with Crippen molar-refractivity contribution in [2.75, 3.05) is 0 Å². The molecule has 0 fully saturated rings. The van der Waals surface area contributed by atoms with E-state index in [1.807, 2.05) is 32.7 Å². The van der Waals surface area contributed by atoms with Crippen molar-refractivity contribution < 1.29 is 4.74 Å². The fraction of sp³-hybridized carbons (Fsp3) is 0.316. The summed E-state index contributed by atoms with van der Waals surface area (Å²) in [6, 6.07) is 2.24. The van der Waals surface area contributed by atoms with Crippen LogP contribution < -0.4 is 5.73 Å². The average Bonchev–Trinajstić information content (AvgIpc) is 3.22. The van der Waals surface area contributed by atoms with Crippen molar-refractivity contribution in [2.45, 2.75) is 25.2 Å². The first kappa shape index (κ1) is 16.2. The van der Waals surface area contributed by atoms with Crippen molar-refractivity contribution in [3.63, 3.8) is 0 Å². The van der Waals surface area contributed by atoms with Gasteiger partial charge >= 0.3 is 0 Å². The Balaban J connectivity index is 1.83. The maximum atomic E-state index is 9.65. The minimum absolute atomic E-state index is 0.180. The molecule has 1 atom stereocenters. The molecule has 0 saturated heterocycles. The molecule has 4 rings (SSSR count). The van der Waals surface area contributed by atoms with Gasteiger partial charge in [0, 0.05) is 37.6 Å². The number of aromatic nitrogens is 4. The predicted molar refractivity (Wildman–Crippen MR) is 95.9 cm³/mol. The number of aryl methyl sites for hydroxylation is 2. The monoisotopic (exact) mass is 348 g/mol. The molecule has 7 nitrogen and oxygen atoms in total. The fourth-order valence-electron chi connectivity index (χ4n) is 3.72. The molecule has 0 amide bonds. The topological polar surface area (TPSA) is 94.7 Å². The lowest BCUT2D eigenvalue weighted by molar-refractivity contribution is 0.277. The Bertz CT molecular complexity index is 997. The van der Waals surface area contributed by atoms with Crippen molar-refractivity contribution in [3.8, 4) is 6.07 Å². The fourth-order valence-corrected chi connectivity index (χ4v) is 3.72. The third-order valence-corrected chi connectivity index (χ3v) is 4.83. The molecule has 0 radical (unpaired) electrons. The molecule has 26 heavy (non-hydrogen) atoms. The van der Waals surface area contributed by atoms with Gasteiger partial charge in [0.05, 0.1) is 18.3 Å². The zero-order chi connectivity index (χ0) is 18.3. The summed E-state index contributed by atoms with van der Waals surface area (Å²) in [5.74, 6) is 0.777. The molecule has 7 heteroatoms. The Kier molecular flexibility index (Phi) is 3.88. The molecule has 1 aliphatic heterocycles. The van der Waals surface area contributed by atoms with Crippen LogP contribution in [0.25, 0.3) is 6.08 Å². The number of nitriles is 1. The van der Waals surface area contributed by atoms with E-state index in [0.29, 0.717) is 5.57 Å². The number of allylic oxidation sites excluding steroid dienone is 3. The smallest absolute Gasteiger partial charge is 0.205 e. The second-order valence-corrected chi connectivity index (χ2v) is 6.70. The van der Waals surface area contributed by atoms with E-state index in [-0.39, 0.29) is 11.8 Å². The summed E-state index contributed by atoms with van der Waals surface area (Å²) in [5, 5.41) is 18.1. The van der Waals surface area contributed by atoms with Gasteiger partial charge in [0.2, 0.25) is 5.88 Å². The number of hydrogen-bond acceptors (Lipinski definition) is 5. The first-order valence-electron chi connectivity index (χ1n) is 8.55. The van der Waals surface area contributed by atoms with Crippen molar-refractivity contribution in [1.82, 2.24) is 19.6 Å². The van der Waals surface area contributed by atoms with Gasteiger partial charge in [-0.2, -0.15) is 15.5 Å². The van der Waals surface area contributed by atoms with Crippen LogP contribution in [0, 0.1) is 11.3 Å². The largest absolute Gasteiger partial charge is 0.440 e. The van der Waals surface area contributed by atoms with E-state index < -0.39 is 0 Å². The van der Waals surface area contributed by atoms with E-state index in [2.05, 4.69) is 22.3 Å². The van der Waals surface area contributed by atoms with Gasteiger partial charge in [-0.15, -0.1) is 0 Å². The summed E-state index contributed by atoms with van der Waals surface area (Å²) in [5.41, 5.74) is 10.8. The predicted octanol–water partition coefficient (Wildman–Crippen LogP) is 2.48. The SMILES string of the molecule is Cn1cc(/C=C2\CCCC3=C2OC(N)=C(C#N)[C@@H]3c2cnn(C)c2)cn1. The first-order chi connectivity index (χ1) is 12.6. The normalized spacial score (nSPS) is 21.6. The summed E-state index contributed by atoms with van der Waals surface area (Å²) >= 11 is 0. The molecule has 0 aromatic carbocycles. The molecule has 0 bridgehead atoms. The van der Waals surface area contributed by atoms with Crippen molar-refractivity contribution >= 4 is 6.08 Å². The molecule has 132 valence electrons. The molecular formula is C19H20N6O. The van der Waals surface area contributed by atoms with E-state index in [9.17, 15) is 5.26 Å². The Morgan fingerprint density at radius 2 is 2.00 bits per heavy atom. The van der Waals surface area contributed by atoms with E-state index >= 15 is 0 Å². The summed E-state index contributed by atoms with van der Waals surface area (Å²) in [7, 11) is 3.76. The highest BCUT2D eigenvalue weighted by atomic mass is 16.5. The quantitative estimate of drug-likeness (QED) is 0.900. The molecule has 2 N–H and O–H groups in total. The van der Waals surface area contributed by atoms with Crippen molar-refractivity contribution in [1.29, 1.82) is 5.26 Å². The molecule has 1 aliphatic carbocycles. The van der Waals surface area contributed by atoms with Crippen LogP contribution in [-0.4, -0.2) is 19.6 Å². The lowest BCUT2D eigenvalue weighted by Gasteiger charge is -2.32. The van der Waals surface area contributed by atoms with E-state index in [1.54, 1.807) is 15.6 Å². The van der Waals surface area contributed by atoms with Crippen LogP contribution in [-0.2, 0) is 18.8 Å². The molecule has 3 heterocycles. The minimum atomic E-state index is -0.199. The average molecular weight is 348 g/mol. The van der Waals surface area contributed by atoms with Gasteiger partial charge in [0.15, 0.2) is 0 Å². The number of rotatable bonds is 2. The second-order valence-electron chi connectivity index (χ2n) is 6.70. The summed E-state index contributed by atoms with van der Waals surface area (Å²) < 4.78 is 9.45. The van der Waals surface area contributed by atoms with Gasteiger partial charge in [0.1, 0.15) is 17.4 Å². The van der Waals surface area contributed by atoms with Gasteiger partial charge in [-0.05, 0) is 36.5 Å². The second kappa shape index (κ2) is 6.23. The molecule has 2 aromatic rings. The van der Waals surface area contributed by atoms with Gasteiger partial charge in [0.25, 0.3) is 0 Å². The highest BCUT2D eigenvalue weighted by Crippen LogP contribution is 2.46. The lowest BCUT2D eigenvalue weighted by atomic mass is 9.78. The third kappa shape index (κ3) is 2.69. The van der Waals surface area contributed by atoms with Crippen LogP contribution in [0.4, 0.5) is 0 Å². The van der Waals surface area contributed by atoms with Crippen LogP contribution in [0.1, 0.15) is 36.3 Å². The number of nitrogens with two attached hydrogens (primary N) is 1. The molecule has 0 saturated carbocycles. The Morgan fingerprint density at radius 3 is 2.65 bits per heavy atom. The van der Waals surface area contributed by atoms with Gasteiger partial charge in [-0.25, -0.2) is 0 Å². The van der Waals surface area contributed by atoms with Gasteiger partial charge in [-0.3, -0.25) is 9.36 Å². The van der Waals surface area contributed by atoms with Crippen LogP contribution in [0.5, 0.6) is 0 Å². The molecular weight excluding hydrogens is 328 g/mol. The number of nitrogens with zero attached hydrogens (tertiary/aromatic N) is 5. The van der Waals surface area contributed by atoms with Gasteiger partial charge < -0.3 is 10.5 Å². The lowest BCUT2D eigenvalue weighted by Crippen LogP contribution is -2.23. The standard InChI is InChI=1S/C19H20N6O/c1-24-10-12(8-22-24)6-13-4-3-5-15-17(14-9-23-25(2)11-14)16(7-20)19(21)26-18(13)15/h6,8-11,17H,3-5,21H2,1-2H3/b13-6+/t17-/m1/s1. The van der Waals surface area contributed by atoms with E-state index in [4.69, 9.17) is 10.5 Å². The highest BCUT2D eigenvalue weighted by Gasteiger charge is 2.36. The van der Waals surface area contributed by atoms with Crippen LogP contribution in [0.2, 0.25) is 0 Å².